The van der Waals surface area contributed by atoms with Crippen LogP contribution in [0.5, 0.6) is 5.75 Å². The van der Waals surface area contributed by atoms with Crippen molar-refractivity contribution in [2.45, 2.75) is 32.4 Å². The molecule has 0 amide bonds. The zero-order chi connectivity index (χ0) is 22.4. The molecule has 1 unspecified atom stereocenters. The van der Waals surface area contributed by atoms with Crippen LogP contribution in [-0.4, -0.2) is 32.2 Å². The fourth-order valence-corrected chi connectivity index (χ4v) is 3.18. The fraction of sp³-hybridized carbons (Fsp3) is 0.250. The third-order valence-electron chi connectivity index (χ3n) is 4.34. The van der Waals surface area contributed by atoms with Gasteiger partial charge in [-0.05, 0) is 81.8 Å². The van der Waals surface area contributed by atoms with Crippen LogP contribution in [-0.2, 0) is 15.8 Å². The van der Waals surface area contributed by atoms with E-state index in [0.717, 1.165) is 5.56 Å². The molecule has 1 heterocycles. The van der Waals surface area contributed by atoms with E-state index in [0.29, 0.717) is 29.3 Å². The molecule has 0 saturated heterocycles. The lowest BCUT2D eigenvalue weighted by atomic mass is 10.1. The van der Waals surface area contributed by atoms with E-state index in [9.17, 15) is 9.00 Å². The van der Waals surface area contributed by atoms with E-state index in [1.54, 1.807) is 36.5 Å². The summed E-state index contributed by atoms with van der Waals surface area (Å²) in [5.74, 6) is 0.904. The maximum absolute atomic E-state index is 12.2. The number of rotatable bonds is 6. The number of carbonyl (C=O) groups is 1. The first kappa shape index (κ1) is 22.5. The minimum absolute atomic E-state index is 0.382. The molecule has 0 aliphatic carbocycles. The van der Waals surface area contributed by atoms with E-state index >= 15 is 0 Å². The van der Waals surface area contributed by atoms with Crippen molar-refractivity contribution in [3.05, 3.63) is 89.8 Å². The van der Waals surface area contributed by atoms with Gasteiger partial charge in [-0.1, -0.05) is 18.2 Å². The van der Waals surface area contributed by atoms with E-state index in [2.05, 4.69) is 4.40 Å². The summed E-state index contributed by atoms with van der Waals surface area (Å²) in [7, 11) is -1.30. The molecule has 2 aromatic carbocycles. The molecule has 7 heteroatoms. The van der Waals surface area contributed by atoms with Crippen molar-refractivity contribution in [3.63, 3.8) is 0 Å². The van der Waals surface area contributed by atoms with Gasteiger partial charge in [0.05, 0.1) is 22.6 Å². The molecule has 0 radical (unpaired) electrons. The average Bonchev–Trinajstić information content (AvgIpc) is 2.75. The second-order valence-electron chi connectivity index (χ2n) is 7.93. The van der Waals surface area contributed by atoms with Gasteiger partial charge in [-0.3, -0.25) is 0 Å². The number of carbonyl (C=O) groups excluding carboxylic acids is 1. The molecule has 0 saturated carbocycles. The van der Waals surface area contributed by atoms with E-state index in [4.69, 9.17) is 9.57 Å². The van der Waals surface area contributed by atoms with Crippen LogP contribution in [0.1, 0.15) is 43.6 Å². The quantitative estimate of drug-likeness (QED) is 0.605. The number of hydrogen-bond donors (Lipinski definition) is 0. The standard InChI is InChI=1S/C24H26N2O4S/c1-18(25-31(28)24(2,3)4)19-10-12-21(13-11-19)29-22-14-16-26(17-15-22)30-23(27)20-8-6-5-7-9-20/h5-16H,17H2,1-4H3. The molecule has 0 spiro atoms. The van der Waals surface area contributed by atoms with Crippen LogP contribution in [0.3, 0.4) is 0 Å². The van der Waals surface area contributed by atoms with Crippen LogP contribution >= 0.6 is 0 Å². The van der Waals surface area contributed by atoms with Crippen LogP contribution in [0.4, 0.5) is 0 Å². The highest BCUT2D eigenvalue weighted by atomic mass is 32.2. The topological polar surface area (TPSA) is 68.2 Å². The molecule has 1 aliphatic heterocycles. The number of hydrogen-bond acceptors (Lipinski definition) is 5. The van der Waals surface area contributed by atoms with Crippen molar-refractivity contribution in [1.82, 2.24) is 5.06 Å². The number of nitrogens with zero attached hydrogens (tertiary/aromatic N) is 2. The zero-order valence-corrected chi connectivity index (χ0v) is 18.9. The summed E-state index contributed by atoms with van der Waals surface area (Å²) in [4.78, 5) is 17.5. The van der Waals surface area contributed by atoms with Crippen LogP contribution in [0, 0.1) is 0 Å². The monoisotopic (exact) mass is 438 g/mol. The summed E-state index contributed by atoms with van der Waals surface area (Å²) >= 11 is 0. The Labute approximate surface area is 185 Å². The molecule has 0 fully saturated rings. The molecule has 1 atom stereocenters. The smallest absolute Gasteiger partial charge is 0.363 e. The van der Waals surface area contributed by atoms with E-state index < -0.39 is 21.7 Å². The fourth-order valence-electron chi connectivity index (χ4n) is 2.56. The maximum atomic E-state index is 12.2. The summed E-state index contributed by atoms with van der Waals surface area (Å²) in [5, 5.41) is 1.44. The van der Waals surface area contributed by atoms with Crippen molar-refractivity contribution in [1.29, 1.82) is 0 Å². The van der Waals surface area contributed by atoms with E-state index in [1.807, 2.05) is 64.1 Å². The van der Waals surface area contributed by atoms with Gasteiger partial charge in [0.25, 0.3) is 0 Å². The van der Waals surface area contributed by atoms with Crippen molar-refractivity contribution in [2.24, 2.45) is 4.40 Å². The third kappa shape index (κ3) is 6.39. The maximum Gasteiger partial charge on any atom is 0.363 e. The first-order chi connectivity index (χ1) is 14.7. The predicted molar refractivity (Wildman–Crippen MR) is 123 cm³/mol. The summed E-state index contributed by atoms with van der Waals surface area (Å²) in [6.07, 6.45) is 5.21. The zero-order valence-electron chi connectivity index (χ0n) is 18.1. The summed E-state index contributed by atoms with van der Waals surface area (Å²) < 4.78 is 22.0. The normalized spacial score (nSPS) is 15.3. The molecule has 0 aromatic heterocycles. The first-order valence-corrected chi connectivity index (χ1v) is 11.0. The lowest BCUT2D eigenvalue weighted by Crippen LogP contribution is -2.25. The second kappa shape index (κ2) is 9.75. The molecular formula is C24H26N2O4S. The molecule has 162 valence electrons. The Morgan fingerprint density at radius 3 is 2.29 bits per heavy atom. The number of benzene rings is 2. The molecule has 0 bridgehead atoms. The Hall–Kier alpha value is -3.19. The Balaban J connectivity index is 1.55. The lowest BCUT2D eigenvalue weighted by molar-refractivity contribution is -0.0672. The van der Waals surface area contributed by atoms with Crippen molar-refractivity contribution in [3.8, 4) is 5.75 Å². The van der Waals surface area contributed by atoms with E-state index in [-0.39, 0.29) is 0 Å². The highest BCUT2D eigenvalue weighted by Gasteiger charge is 2.19. The molecule has 31 heavy (non-hydrogen) atoms. The summed E-state index contributed by atoms with van der Waals surface area (Å²) in [6, 6.07) is 16.3. The number of ether oxygens (including phenoxy) is 1. The average molecular weight is 439 g/mol. The van der Waals surface area contributed by atoms with E-state index in [1.165, 1.54) is 5.06 Å². The number of allylic oxidation sites excluding steroid dienone is 1. The largest absolute Gasteiger partial charge is 0.458 e. The molecule has 1 aliphatic rings. The Morgan fingerprint density at radius 2 is 1.71 bits per heavy atom. The van der Waals surface area contributed by atoms with Crippen LogP contribution in [0.2, 0.25) is 0 Å². The van der Waals surface area contributed by atoms with Gasteiger partial charge < -0.3 is 9.57 Å². The highest BCUT2D eigenvalue weighted by molar-refractivity contribution is 7.85. The molecular weight excluding hydrogens is 412 g/mol. The summed E-state index contributed by atoms with van der Waals surface area (Å²) in [5.41, 5.74) is 2.09. The summed E-state index contributed by atoms with van der Waals surface area (Å²) in [6.45, 7) is 7.91. The second-order valence-corrected chi connectivity index (χ2v) is 9.84. The molecule has 3 rings (SSSR count). The number of hydroxylamine groups is 2. The van der Waals surface area contributed by atoms with Crippen LogP contribution in [0.25, 0.3) is 0 Å². The molecule has 2 aromatic rings. The van der Waals surface area contributed by atoms with Gasteiger partial charge in [-0.2, -0.15) is 4.40 Å². The van der Waals surface area contributed by atoms with Gasteiger partial charge in [0, 0.05) is 6.20 Å². The Bertz CT molecular complexity index is 1040. The van der Waals surface area contributed by atoms with Gasteiger partial charge in [-0.15, -0.1) is 0 Å². The molecule has 6 nitrogen and oxygen atoms in total. The molecule has 0 N–H and O–H groups in total. The van der Waals surface area contributed by atoms with Gasteiger partial charge in [-0.25, -0.2) is 14.1 Å². The predicted octanol–water partition coefficient (Wildman–Crippen LogP) is 4.82. The minimum atomic E-state index is -1.30. The van der Waals surface area contributed by atoms with Gasteiger partial charge in [0.15, 0.2) is 0 Å². The van der Waals surface area contributed by atoms with Crippen molar-refractivity contribution < 1.29 is 18.6 Å². The minimum Gasteiger partial charge on any atom is -0.458 e. The first-order valence-electron chi connectivity index (χ1n) is 9.90. The SMILES string of the molecule is CC(=NS(=O)C(C)(C)C)c1ccc(OC2=CCN(OC(=O)c3ccccc3)C=C2)cc1. The van der Waals surface area contributed by atoms with Gasteiger partial charge in [0.2, 0.25) is 0 Å². The van der Waals surface area contributed by atoms with Crippen molar-refractivity contribution >= 4 is 22.7 Å². The Kier molecular flexibility index (Phi) is 7.07. The Morgan fingerprint density at radius 1 is 1.03 bits per heavy atom. The van der Waals surface area contributed by atoms with Crippen molar-refractivity contribution in [2.75, 3.05) is 6.54 Å². The van der Waals surface area contributed by atoms with Gasteiger partial charge >= 0.3 is 5.97 Å². The van der Waals surface area contributed by atoms with Crippen LogP contribution in [0.15, 0.2) is 83.1 Å². The third-order valence-corrected chi connectivity index (χ3v) is 5.83. The highest BCUT2D eigenvalue weighted by Crippen LogP contribution is 2.20. The van der Waals surface area contributed by atoms with Gasteiger partial charge in [0.1, 0.15) is 22.5 Å². The lowest BCUT2D eigenvalue weighted by Gasteiger charge is -2.21. The van der Waals surface area contributed by atoms with Crippen LogP contribution < -0.4 is 4.74 Å².